The maximum atomic E-state index is 5.12. The van der Waals surface area contributed by atoms with E-state index in [2.05, 4.69) is 175 Å². The second kappa shape index (κ2) is 10.4. The van der Waals surface area contributed by atoms with Crippen LogP contribution in [0, 0.1) is 0 Å². The lowest BCUT2D eigenvalue weighted by molar-refractivity contribution is 0.591. The van der Waals surface area contributed by atoms with E-state index in [1.54, 1.807) is 0 Å². The number of aromatic nitrogens is 3. The lowest BCUT2D eigenvalue weighted by atomic mass is 9.86. The van der Waals surface area contributed by atoms with Crippen molar-refractivity contribution in [3.8, 4) is 22.8 Å². The molecule has 3 aromatic heterocycles. The molecule has 0 aliphatic rings. The first-order valence-electron chi connectivity index (χ1n) is 16.9. The highest BCUT2D eigenvalue weighted by Gasteiger charge is 2.22. The van der Waals surface area contributed by atoms with Crippen LogP contribution in [-0.2, 0) is 5.41 Å². The predicted octanol–water partition coefficient (Wildman–Crippen LogP) is 12.6. The molecule has 0 spiro atoms. The van der Waals surface area contributed by atoms with Gasteiger partial charge in [0.05, 0.1) is 22.1 Å². The van der Waals surface area contributed by atoms with Gasteiger partial charge in [-0.1, -0.05) is 87.5 Å². The van der Waals surface area contributed by atoms with Gasteiger partial charge in [0.1, 0.15) is 5.82 Å². The third-order valence-corrected chi connectivity index (χ3v) is 11.2. The zero-order chi connectivity index (χ0) is 32.9. The van der Waals surface area contributed by atoms with E-state index >= 15 is 0 Å². The number of hydrogen-bond acceptors (Lipinski definition) is 2. The molecule has 49 heavy (non-hydrogen) atoms. The van der Waals surface area contributed by atoms with Gasteiger partial charge in [0.25, 0.3) is 0 Å². The highest BCUT2D eigenvalue weighted by Crippen LogP contribution is 2.46. The van der Waals surface area contributed by atoms with Gasteiger partial charge in [0, 0.05) is 47.9 Å². The van der Waals surface area contributed by atoms with Crippen LogP contribution in [0.1, 0.15) is 26.3 Å². The van der Waals surface area contributed by atoms with E-state index in [0.29, 0.717) is 0 Å². The Balaban J connectivity index is 1.25. The van der Waals surface area contributed by atoms with Crippen molar-refractivity contribution in [1.82, 2.24) is 14.1 Å². The van der Waals surface area contributed by atoms with Crippen LogP contribution in [0.15, 0.2) is 146 Å². The van der Waals surface area contributed by atoms with Gasteiger partial charge in [0.15, 0.2) is 0 Å². The highest BCUT2D eigenvalue weighted by molar-refractivity contribution is 7.26. The van der Waals surface area contributed by atoms with Gasteiger partial charge >= 0.3 is 0 Å². The lowest BCUT2D eigenvalue weighted by Gasteiger charge is -2.19. The standard InChI is InChI=1S/C45H33N3S/c1-45(2,3)30-20-25-39-34(27-30)42-40(49-39)26-24-38-43(42)41-33-14-8-7-11-28(33)19-23-37(41)47(38)32-21-17-29(18-22-32)44-46-35-15-9-10-16-36(35)48(44)31-12-5-4-6-13-31/h4-27H,1-3H3. The molecule has 0 bridgehead atoms. The van der Waals surface area contributed by atoms with Gasteiger partial charge in [0.2, 0.25) is 0 Å². The summed E-state index contributed by atoms with van der Waals surface area (Å²) in [6.07, 6.45) is 0. The molecule has 3 heterocycles. The lowest BCUT2D eigenvalue weighted by Crippen LogP contribution is -2.10. The first-order chi connectivity index (χ1) is 23.9. The number of imidazole rings is 1. The van der Waals surface area contributed by atoms with Crippen molar-refractivity contribution < 1.29 is 0 Å². The van der Waals surface area contributed by atoms with E-state index in [9.17, 15) is 0 Å². The monoisotopic (exact) mass is 647 g/mol. The zero-order valence-electron chi connectivity index (χ0n) is 27.6. The van der Waals surface area contributed by atoms with E-state index in [-0.39, 0.29) is 5.41 Å². The maximum Gasteiger partial charge on any atom is 0.145 e. The molecule has 0 amide bonds. The van der Waals surface area contributed by atoms with Crippen molar-refractivity contribution in [3.05, 3.63) is 151 Å². The van der Waals surface area contributed by atoms with Crippen molar-refractivity contribution in [2.45, 2.75) is 26.2 Å². The number of para-hydroxylation sites is 3. The number of benzene rings is 7. The molecule has 0 atom stereocenters. The predicted molar refractivity (Wildman–Crippen MR) is 210 cm³/mol. The molecule has 10 aromatic rings. The highest BCUT2D eigenvalue weighted by atomic mass is 32.1. The minimum atomic E-state index is 0.0693. The van der Waals surface area contributed by atoms with Crippen molar-refractivity contribution in [3.63, 3.8) is 0 Å². The molecule has 0 saturated heterocycles. The van der Waals surface area contributed by atoms with Crippen LogP contribution >= 0.6 is 11.3 Å². The van der Waals surface area contributed by atoms with E-state index < -0.39 is 0 Å². The van der Waals surface area contributed by atoms with E-state index in [1.165, 1.54) is 58.3 Å². The van der Waals surface area contributed by atoms with Crippen molar-refractivity contribution in [1.29, 1.82) is 0 Å². The van der Waals surface area contributed by atoms with E-state index in [0.717, 1.165) is 33.8 Å². The Labute approximate surface area is 288 Å². The molecule has 4 heteroatoms. The van der Waals surface area contributed by atoms with Crippen LogP contribution in [0.3, 0.4) is 0 Å². The van der Waals surface area contributed by atoms with Crippen molar-refractivity contribution >= 4 is 75.1 Å². The largest absolute Gasteiger partial charge is 0.309 e. The van der Waals surface area contributed by atoms with E-state index in [4.69, 9.17) is 4.98 Å². The van der Waals surface area contributed by atoms with Gasteiger partial charge in [-0.05, 0) is 101 Å². The Morgan fingerprint density at radius 2 is 1.20 bits per heavy atom. The van der Waals surface area contributed by atoms with Gasteiger partial charge in [-0.25, -0.2) is 4.98 Å². The summed E-state index contributed by atoms with van der Waals surface area (Å²) < 4.78 is 7.39. The number of fused-ring (bicyclic) bond motifs is 10. The second-order valence-electron chi connectivity index (χ2n) is 14.1. The van der Waals surface area contributed by atoms with Crippen LogP contribution in [0.2, 0.25) is 0 Å². The Kier molecular flexibility index (Phi) is 6.01. The summed E-state index contributed by atoms with van der Waals surface area (Å²) in [4.78, 5) is 5.12. The molecule has 0 radical (unpaired) electrons. The number of nitrogens with zero attached hydrogens (tertiary/aromatic N) is 3. The summed E-state index contributed by atoms with van der Waals surface area (Å²) in [6, 6.07) is 53.0. The van der Waals surface area contributed by atoms with Crippen LogP contribution in [0.25, 0.3) is 86.5 Å². The van der Waals surface area contributed by atoms with Gasteiger partial charge in [-0.2, -0.15) is 0 Å². The van der Waals surface area contributed by atoms with E-state index in [1.807, 2.05) is 11.3 Å². The molecule has 0 aliphatic carbocycles. The van der Waals surface area contributed by atoms with Crippen LogP contribution < -0.4 is 0 Å². The van der Waals surface area contributed by atoms with Gasteiger partial charge in [-0.3, -0.25) is 4.57 Å². The fraction of sp³-hybridized carbons (Fsp3) is 0.0889. The first kappa shape index (κ1) is 28.3. The first-order valence-corrected chi connectivity index (χ1v) is 17.7. The second-order valence-corrected chi connectivity index (χ2v) is 15.1. The normalized spacial score (nSPS) is 12.4. The fourth-order valence-corrected chi connectivity index (χ4v) is 8.79. The summed E-state index contributed by atoms with van der Waals surface area (Å²) in [6.45, 7) is 6.91. The van der Waals surface area contributed by atoms with Crippen LogP contribution in [-0.4, -0.2) is 14.1 Å². The number of thiophene rings is 1. The molecular weight excluding hydrogens is 615 g/mol. The van der Waals surface area contributed by atoms with Gasteiger partial charge in [-0.15, -0.1) is 11.3 Å². The molecule has 234 valence electrons. The molecule has 10 rings (SSSR count). The third-order valence-electron chi connectivity index (χ3n) is 10.1. The summed E-state index contributed by atoms with van der Waals surface area (Å²) in [5, 5.41) is 7.90. The Morgan fingerprint density at radius 1 is 0.510 bits per heavy atom. The molecule has 0 saturated carbocycles. The van der Waals surface area contributed by atoms with Crippen LogP contribution in [0.4, 0.5) is 0 Å². The minimum Gasteiger partial charge on any atom is -0.309 e. The summed E-state index contributed by atoms with van der Waals surface area (Å²) in [5.74, 6) is 0.938. The summed E-state index contributed by atoms with van der Waals surface area (Å²) in [7, 11) is 0. The van der Waals surface area contributed by atoms with Crippen molar-refractivity contribution in [2.75, 3.05) is 0 Å². The molecule has 0 N–H and O–H groups in total. The molecule has 3 nitrogen and oxygen atoms in total. The summed E-state index contributed by atoms with van der Waals surface area (Å²) in [5.41, 5.74) is 9.28. The topological polar surface area (TPSA) is 22.8 Å². The zero-order valence-corrected chi connectivity index (χ0v) is 28.4. The Bertz CT molecular complexity index is 2900. The minimum absolute atomic E-state index is 0.0693. The maximum absolute atomic E-state index is 5.12. The Hall–Kier alpha value is -5.71. The third kappa shape index (κ3) is 4.24. The average Bonchev–Trinajstić information content (AvgIpc) is 3.81. The molecule has 0 aliphatic heterocycles. The fourth-order valence-electron chi connectivity index (χ4n) is 7.70. The van der Waals surface area contributed by atoms with Crippen molar-refractivity contribution in [2.24, 2.45) is 0 Å². The quantitative estimate of drug-likeness (QED) is 0.187. The average molecular weight is 648 g/mol. The molecule has 7 aromatic carbocycles. The van der Waals surface area contributed by atoms with Crippen LogP contribution in [0.5, 0.6) is 0 Å². The SMILES string of the molecule is CC(C)(C)c1ccc2sc3ccc4c(c3c2c1)c1c2ccccc2ccc1n4-c1ccc(-c2nc3ccccc3n2-c2ccccc2)cc1. The number of hydrogen-bond donors (Lipinski definition) is 0. The van der Waals surface area contributed by atoms with Gasteiger partial charge < -0.3 is 4.57 Å². The molecule has 0 unspecified atom stereocenters. The summed E-state index contributed by atoms with van der Waals surface area (Å²) >= 11 is 1.90. The number of rotatable bonds is 3. The molecular formula is C45H33N3S. The molecule has 0 fully saturated rings. The Morgan fingerprint density at radius 3 is 2.04 bits per heavy atom. The smallest absolute Gasteiger partial charge is 0.145 e.